The first kappa shape index (κ1) is 22.9. The van der Waals surface area contributed by atoms with E-state index in [2.05, 4.69) is 20.2 Å². The highest BCUT2D eigenvalue weighted by atomic mass is 35.5. The van der Waals surface area contributed by atoms with E-state index in [-0.39, 0.29) is 29.5 Å². The maximum atomic E-state index is 14.3. The normalized spacial score (nSPS) is 15.9. The predicted octanol–water partition coefficient (Wildman–Crippen LogP) is 3.73. The summed E-state index contributed by atoms with van der Waals surface area (Å²) in [6.07, 6.45) is 2.71. The fourth-order valence-electron chi connectivity index (χ4n) is 3.76. The maximum Gasteiger partial charge on any atom is 0.270 e. The number of aromatic nitrogens is 3. The molecule has 2 aromatic heterocycles. The summed E-state index contributed by atoms with van der Waals surface area (Å²) in [5.74, 6) is -0.270. The molecule has 0 fully saturated rings. The molecule has 35 heavy (non-hydrogen) atoms. The molecule has 0 aliphatic carbocycles. The van der Waals surface area contributed by atoms with Crippen LogP contribution >= 0.6 is 11.6 Å². The van der Waals surface area contributed by atoms with E-state index in [0.29, 0.717) is 22.0 Å². The average Bonchev–Trinajstić information content (AvgIpc) is 3.51. The second-order valence-corrected chi connectivity index (χ2v) is 10.1. The van der Waals surface area contributed by atoms with Crippen molar-refractivity contribution >= 4 is 27.1 Å². The van der Waals surface area contributed by atoms with E-state index < -0.39 is 26.3 Å². The maximum absolute atomic E-state index is 14.3. The summed E-state index contributed by atoms with van der Waals surface area (Å²) in [7, 11) is -4.11. The van der Waals surface area contributed by atoms with Crippen LogP contribution in [0.15, 0.2) is 91.3 Å². The van der Waals surface area contributed by atoms with Crippen LogP contribution in [0, 0.1) is 5.82 Å². The van der Waals surface area contributed by atoms with Gasteiger partial charge in [0.2, 0.25) is 9.84 Å². The van der Waals surface area contributed by atoms with Gasteiger partial charge in [0, 0.05) is 23.1 Å². The number of rotatable bonds is 6. The SMILES string of the molecule is O=c1[nH]c(C2=NN(Cc3ccccc3F)C(c3ccon3)C2)ncc1S(=O)(=O)c1ccc(Cl)cc1. The van der Waals surface area contributed by atoms with Crippen LogP contribution in [0.1, 0.15) is 29.5 Å². The standard InChI is InChI=1S/C23H17ClFN5O4S/c24-15-5-7-16(8-6-15)35(32,33)21-12-26-22(27-23(21)31)19-11-20(18-9-10-34-29-18)30(28-19)13-14-3-1-2-4-17(14)25/h1-10,12,20H,11,13H2,(H,26,27,31). The second-order valence-electron chi connectivity index (χ2n) is 7.76. The van der Waals surface area contributed by atoms with E-state index in [9.17, 15) is 17.6 Å². The lowest BCUT2D eigenvalue weighted by atomic mass is 10.1. The molecule has 0 saturated carbocycles. The molecule has 4 aromatic rings. The zero-order valence-corrected chi connectivity index (χ0v) is 19.5. The molecule has 0 radical (unpaired) electrons. The molecule has 1 atom stereocenters. The van der Waals surface area contributed by atoms with Crippen LogP contribution in [0.4, 0.5) is 4.39 Å². The summed E-state index contributed by atoms with van der Waals surface area (Å²) in [6.45, 7) is 0.140. The Morgan fingerprint density at radius 2 is 1.91 bits per heavy atom. The highest BCUT2D eigenvalue weighted by Gasteiger charge is 2.33. The molecule has 3 heterocycles. The third-order valence-electron chi connectivity index (χ3n) is 5.54. The van der Waals surface area contributed by atoms with Crippen LogP contribution in [0.2, 0.25) is 5.02 Å². The Labute approximate surface area is 203 Å². The Balaban J connectivity index is 1.48. The Bertz CT molecular complexity index is 1570. The third kappa shape index (κ3) is 4.47. The first-order chi connectivity index (χ1) is 16.8. The number of hydrogen-bond acceptors (Lipinski definition) is 8. The Morgan fingerprint density at radius 3 is 2.60 bits per heavy atom. The molecule has 1 unspecified atom stereocenters. The predicted molar refractivity (Wildman–Crippen MR) is 124 cm³/mol. The summed E-state index contributed by atoms with van der Waals surface area (Å²) in [4.78, 5) is 18.9. The second kappa shape index (κ2) is 9.08. The number of hydrogen-bond donors (Lipinski definition) is 1. The van der Waals surface area contributed by atoms with Gasteiger partial charge in [-0.25, -0.2) is 17.8 Å². The van der Waals surface area contributed by atoms with Crippen molar-refractivity contribution in [3.05, 3.63) is 105 Å². The van der Waals surface area contributed by atoms with Crippen LogP contribution in [0.25, 0.3) is 0 Å². The molecule has 9 nitrogen and oxygen atoms in total. The molecule has 2 aromatic carbocycles. The number of aromatic amines is 1. The molecule has 1 aliphatic rings. The number of nitrogens with one attached hydrogen (secondary N) is 1. The molecule has 0 saturated heterocycles. The van der Waals surface area contributed by atoms with Crippen molar-refractivity contribution in [2.45, 2.75) is 28.8 Å². The molecule has 0 bridgehead atoms. The van der Waals surface area contributed by atoms with Crippen LogP contribution in [0.5, 0.6) is 0 Å². The van der Waals surface area contributed by atoms with Gasteiger partial charge >= 0.3 is 0 Å². The van der Waals surface area contributed by atoms with Gasteiger partial charge in [-0.2, -0.15) is 5.10 Å². The zero-order valence-electron chi connectivity index (χ0n) is 17.9. The minimum atomic E-state index is -4.11. The fourth-order valence-corrected chi connectivity index (χ4v) is 5.12. The lowest BCUT2D eigenvalue weighted by Gasteiger charge is -2.21. The van der Waals surface area contributed by atoms with E-state index in [4.69, 9.17) is 16.1 Å². The van der Waals surface area contributed by atoms with Crippen molar-refractivity contribution in [3.8, 4) is 0 Å². The van der Waals surface area contributed by atoms with E-state index in [1.807, 2.05) is 0 Å². The zero-order chi connectivity index (χ0) is 24.6. The molecular formula is C23H17ClFN5O4S. The molecule has 0 amide bonds. The van der Waals surface area contributed by atoms with Crippen LogP contribution < -0.4 is 5.56 Å². The van der Waals surface area contributed by atoms with Crippen molar-refractivity contribution in [1.29, 1.82) is 0 Å². The van der Waals surface area contributed by atoms with Gasteiger partial charge < -0.3 is 9.51 Å². The first-order valence-corrected chi connectivity index (χ1v) is 12.3. The smallest absolute Gasteiger partial charge is 0.270 e. The molecule has 0 spiro atoms. The summed E-state index contributed by atoms with van der Waals surface area (Å²) in [5.41, 5.74) is 0.557. The van der Waals surface area contributed by atoms with Crippen LogP contribution in [-0.4, -0.2) is 34.3 Å². The van der Waals surface area contributed by atoms with E-state index in [1.165, 1.54) is 36.6 Å². The molecule has 178 valence electrons. The summed E-state index contributed by atoms with van der Waals surface area (Å²) >= 11 is 5.83. The number of benzene rings is 2. The fraction of sp³-hybridized carbons (Fsp3) is 0.130. The minimum Gasteiger partial charge on any atom is -0.364 e. The minimum absolute atomic E-state index is 0.0812. The van der Waals surface area contributed by atoms with Gasteiger partial charge in [-0.1, -0.05) is 35.0 Å². The first-order valence-electron chi connectivity index (χ1n) is 10.4. The topological polar surface area (TPSA) is 122 Å². The summed E-state index contributed by atoms with van der Waals surface area (Å²) in [6, 6.07) is 13.1. The van der Waals surface area contributed by atoms with Crippen LogP contribution in [-0.2, 0) is 16.4 Å². The van der Waals surface area contributed by atoms with Gasteiger partial charge in [-0.05, 0) is 30.3 Å². The van der Waals surface area contributed by atoms with Crippen molar-refractivity contribution in [3.63, 3.8) is 0 Å². The van der Waals surface area contributed by atoms with E-state index in [1.54, 1.807) is 29.3 Å². The Kier molecular flexibility index (Phi) is 5.95. The number of H-pyrrole nitrogens is 1. The number of halogens is 2. The number of sulfone groups is 1. The van der Waals surface area contributed by atoms with Gasteiger partial charge in [0.15, 0.2) is 10.7 Å². The quantitative estimate of drug-likeness (QED) is 0.417. The van der Waals surface area contributed by atoms with Crippen molar-refractivity contribution in [1.82, 2.24) is 20.1 Å². The van der Waals surface area contributed by atoms with E-state index in [0.717, 1.165) is 6.20 Å². The monoisotopic (exact) mass is 513 g/mol. The van der Waals surface area contributed by atoms with E-state index >= 15 is 0 Å². The third-order valence-corrected chi connectivity index (χ3v) is 7.55. The summed E-state index contributed by atoms with van der Waals surface area (Å²) < 4.78 is 45.0. The molecule has 5 rings (SSSR count). The average molecular weight is 514 g/mol. The van der Waals surface area contributed by atoms with Crippen molar-refractivity contribution in [2.75, 3.05) is 0 Å². The number of nitrogens with zero attached hydrogens (tertiary/aromatic N) is 4. The molecular weight excluding hydrogens is 497 g/mol. The summed E-state index contributed by atoms with van der Waals surface area (Å²) in [5, 5.41) is 10.5. The molecule has 12 heteroatoms. The highest BCUT2D eigenvalue weighted by molar-refractivity contribution is 7.91. The van der Waals surface area contributed by atoms with Gasteiger partial charge in [0.05, 0.1) is 23.7 Å². The van der Waals surface area contributed by atoms with Gasteiger partial charge in [-0.3, -0.25) is 9.80 Å². The number of hydrazone groups is 1. The lowest BCUT2D eigenvalue weighted by Crippen LogP contribution is -2.22. The molecule has 1 N–H and O–H groups in total. The van der Waals surface area contributed by atoms with Crippen LogP contribution in [0.3, 0.4) is 0 Å². The Morgan fingerprint density at radius 1 is 1.14 bits per heavy atom. The van der Waals surface area contributed by atoms with Gasteiger partial charge in [0.1, 0.15) is 23.5 Å². The molecule has 1 aliphatic heterocycles. The lowest BCUT2D eigenvalue weighted by molar-refractivity contribution is 0.211. The largest absolute Gasteiger partial charge is 0.364 e. The van der Waals surface area contributed by atoms with Gasteiger partial charge in [-0.15, -0.1) is 0 Å². The Hall–Kier alpha value is -3.83. The van der Waals surface area contributed by atoms with Crippen molar-refractivity contribution in [2.24, 2.45) is 5.10 Å². The van der Waals surface area contributed by atoms with Crippen molar-refractivity contribution < 1.29 is 17.3 Å². The van der Waals surface area contributed by atoms with Gasteiger partial charge in [0.25, 0.3) is 5.56 Å². The highest BCUT2D eigenvalue weighted by Crippen LogP contribution is 2.32.